The zero-order valence-corrected chi connectivity index (χ0v) is 17.2. The van der Waals surface area contributed by atoms with Gasteiger partial charge in [-0.05, 0) is 76.9 Å². The average Bonchev–Trinajstić information content (AvgIpc) is 2.74. The van der Waals surface area contributed by atoms with Gasteiger partial charge in [0.2, 0.25) is 0 Å². The molecule has 2 N–H and O–H groups in total. The van der Waals surface area contributed by atoms with Crippen LogP contribution >= 0.6 is 0 Å². The molecule has 2 aliphatic rings. The van der Waals surface area contributed by atoms with Crippen LogP contribution in [0.15, 0.2) is 30.3 Å². The number of rotatable bonds is 11. The lowest BCUT2D eigenvalue weighted by Crippen LogP contribution is -2.39. The number of benzene rings is 1. The Morgan fingerprint density at radius 2 is 1.41 bits per heavy atom. The Balaban J connectivity index is 1.32. The van der Waals surface area contributed by atoms with E-state index in [4.69, 9.17) is 0 Å². The fourth-order valence-corrected chi connectivity index (χ4v) is 4.41. The molecule has 2 fully saturated rings. The predicted octanol–water partition coefficient (Wildman–Crippen LogP) is 3.27. The minimum atomic E-state index is 0.456. The summed E-state index contributed by atoms with van der Waals surface area (Å²) in [7, 11) is 0. The first-order valence-corrected chi connectivity index (χ1v) is 11.4. The van der Waals surface area contributed by atoms with Crippen LogP contribution in [0.3, 0.4) is 0 Å². The maximum atomic E-state index is 3.83. The Hall–Kier alpha value is -0.940. The van der Waals surface area contributed by atoms with E-state index < -0.39 is 0 Å². The van der Waals surface area contributed by atoms with Crippen molar-refractivity contribution < 1.29 is 0 Å². The second kappa shape index (κ2) is 12.5. The smallest absolute Gasteiger partial charge is 0.0449 e. The van der Waals surface area contributed by atoms with E-state index in [1.807, 2.05) is 0 Å². The third kappa shape index (κ3) is 7.90. The summed E-state index contributed by atoms with van der Waals surface area (Å²) in [6.45, 7) is 10.8. The molecule has 0 saturated carbocycles. The van der Waals surface area contributed by atoms with Crippen LogP contribution in [-0.2, 0) is 0 Å². The van der Waals surface area contributed by atoms with E-state index in [1.165, 1.54) is 83.2 Å². The maximum Gasteiger partial charge on any atom is 0.0449 e. The van der Waals surface area contributed by atoms with Crippen molar-refractivity contribution in [2.75, 3.05) is 58.9 Å². The summed E-state index contributed by atoms with van der Waals surface area (Å²) in [5.74, 6) is 0. The lowest BCUT2D eigenvalue weighted by molar-refractivity contribution is 0.205. The van der Waals surface area contributed by atoms with Crippen molar-refractivity contribution in [3.05, 3.63) is 35.9 Å². The van der Waals surface area contributed by atoms with Gasteiger partial charge < -0.3 is 20.4 Å². The summed E-state index contributed by atoms with van der Waals surface area (Å²) in [5, 5.41) is 7.47. The minimum absolute atomic E-state index is 0.456. The van der Waals surface area contributed by atoms with Gasteiger partial charge in [-0.1, -0.05) is 43.2 Å². The molecular weight excluding hydrogens is 332 g/mol. The molecule has 1 atom stereocenters. The van der Waals surface area contributed by atoms with Crippen molar-refractivity contribution in [1.82, 2.24) is 20.4 Å². The maximum absolute atomic E-state index is 3.83. The van der Waals surface area contributed by atoms with Crippen molar-refractivity contribution in [2.24, 2.45) is 0 Å². The summed E-state index contributed by atoms with van der Waals surface area (Å²) < 4.78 is 0. The van der Waals surface area contributed by atoms with Gasteiger partial charge in [0.25, 0.3) is 0 Å². The highest BCUT2D eigenvalue weighted by molar-refractivity contribution is 5.19. The molecule has 2 aliphatic heterocycles. The van der Waals surface area contributed by atoms with Crippen LogP contribution in [0.1, 0.15) is 56.6 Å². The largest absolute Gasteiger partial charge is 0.315 e. The van der Waals surface area contributed by atoms with Gasteiger partial charge in [0.1, 0.15) is 0 Å². The van der Waals surface area contributed by atoms with Gasteiger partial charge in [0, 0.05) is 25.7 Å². The van der Waals surface area contributed by atoms with Crippen LogP contribution in [0.2, 0.25) is 0 Å². The number of hydrogen-bond donors (Lipinski definition) is 2. The van der Waals surface area contributed by atoms with Crippen molar-refractivity contribution in [3.63, 3.8) is 0 Å². The van der Waals surface area contributed by atoms with Gasteiger partial charge in [-0.3, -0.25) is 0 Å². The molecule has 0 radical (unpaired) electrons. The Kier molecular flexibility index (Phi) is 9.63. The van der Waals surface area contributed by atoms with E-state index in [9.17, 15) is 0 Å². The molecule has 4 nitrogen and oxygen atoms in total. The van der Waals surface area contributed by atoms with Crippen LogP contribution in [-0.4, -0.2) is 68.7 Å². The van der Waals surface area contributed by atoms with Gasteiger partial charge in [0.05, 0.1) is 0 Å². The number of piperidine rings is 2. The Morgan fingerprint density at radius 3 is 2.11 bits per heavy atom. The van der Waals surface area contributed by atoms with Gasteiger partial charge >= 0.3 is 0 Å². The monoisotopic (exact) mass is 372 g/mol. The van der Waals surface area contributed by atoms with E-state index >= 15 is 0 Å². The van der Waals surface area contributed by atoms with Crippen LogP contribution in [0, 0.1) is 0 Å². The van der Waals surface area contributed by atoms with E-state index in [0.29, 0.717) is 6.04 Å². The number of nitrogens with one attached hydrogen (secondary N) is 2. The molecule has 152 valence electrons. The molecular formula is C23H40N4. The van der Waals surface area contributed by atoms with Crippen LogP contribution in [0.4, 0.5) is 0 Å². The summed E-state index contributed by atoms with van der Waals surface area (Å²) in [6, 6.07) is 11.5. The third-order valence-corrected chi connectivity index (χ3v) is 6.07. The normalized spacial score (nSPS) is 20.6. The van der Waals surface area contributed by atoms with Gasteiger partial charge in [-0.15, -0.1) is 0 Å². The highest BCUT2D eigenvalue weighted by Crippen LogP contribution is 2.17. The van der Waals surface area contributed by atoms with E-state index in [0.717, 1.165) is 26.2 Å². The summed E-state index contributed by atoms with van der Waals surface area (Å²) in [4.78, 5) is 5.25. The molecule has 3 rings (SSSR count). The number of likely N-dealkylation sites (tertiary alicyclic amines) is 2. The predicted molar refractivity (Wildman–Crippen MR) is 115 cm³/mol. The quantitative estimate of drug-likeness (QED) is 0.584. The topological polar surface area (TPSA) is 30.5 Å². The highest BCUT2D eigenvalue weighted by atomic mass is 15.2. The van der Waals surface area contributed by atoms with E-state index in [1.54, 1.807) is 0 Å². The molecule has 27 heavy (non-hydrogen) atoms. The lowest BCUT2D eigenvalue weighted by Gasteiger charge is -2.31. The zero-order chi connectivity index (χ0) is 18.6. The SMILES string of the molecule is c1ccc([C@H](CN2CCCCC2)NCCCNCCN2CCCCC2)cc1. The van der Waals surface area contributed by atoms with Crippen LogP contribution < -0.4 is 10.6 Å². The van der Waals surface area contributed by atoms with E-state index in [2.05, 4.69) is 50.8 Å². The second-order valence-electron chi connectivity index (χ2n) is 8.28. The van der Waals surface area contributed by atoms with Gasteiger partial charge in [-0.2, -0.15) is 0 Å². The first-order valence-electron chi connectivity index (χ1n) is 11.4. The number of nitrogens with zero attached hydrogens (tertiary/aromatic N) is 2. The fourth-order valence-electron chi connectivity index (χ4n) is 4.41. The van der Waals surface area contributed by atoms with Crippen molar-refractivity contribution >= 4 is 0 Å². The third-order valence-electron chi connectivity index (χ3n) is 6.07. The first kappa shape index (κ1) is 20.8. The van der Waals surface area contributed by atoms with Gasteiger partial charge in [-0.25, -0.2) is 0 Å². The van der Waals surface area contributed by atoms with Crippen molar-refractivity contribution in [3.8, 4) is 0 Å². The molecule has 2 heterocycles. The second-order valence-corrected chi connectivity index (χ2v) is 8.28. The molecule has 2 saturated heterocycles. The molecule has 0 spiro atoms. The van der Waals surface area contributed by atoms with Crippen molar-refractivity contribution in [1.29, 1.82) is 0 Å². The zero-order valence-electron chi connectivity index (χ0n) is 17.2. The Bertz CT molecular complexity index is 480. The van der Waals surface area contributed by atoms with Crippen molar-refractivity contribution in [2.45, 2.75) is 51.0 Å². The van der Waals surface area contributed by atoms with Crippen LogP contribution in [0.5, 0.6) is 0 Å². The molecule has 0 amide bonds. The highest BCUT2D eigenvalue weighted by Gasteiger charge is 2.17. The molecule has 1 aromatic carbocycles. The first-order chi connectivity index (χ1) is 13.4. The summed E-state index contributed by atoms with van der Waals surface area (Å²) in [5.41, 5.74) is 1.43. The minimum Gasteiger partial charge on any atom is -0.315 e. The molecule has 0 aromatic heterocycles. The molecule has 1 aromatic rings. The Labute approximate surface area is 166 Å². The average molecular weight is 373 g/mol. The summed E-state index contributed by atoms with van der Waals surface area (Å²) in [6.07, 6.45) is 9.54. The van der Waals surface area contributed by atoms with Crippen LogP contribution in [0.25, 0.3) is 0 Å². The standard InChI is InChI=1S/C23H40N4/c1-4-11-22(12-5-1)23(21-27-18-8-3-9-19-27)25-14-10-13-24-15-20-26-16-6-2-7-17-26/h1,4-5,11-12,23-25H,2-3,6-10,13-21H2/t23-/m0/s1. The fraction of sp³-hybridized carbons (Fsp3) is 0.739. The van der Waals surface area contributed by atoms with E-state index in [-0.39, 0.29) is 0 Å². The molecule has 0 aliphatic carbocycles. The van der Waals surface area contributed by atoms with Gasteiger partial charge in [0.15, 0.2) is 0 Å². The molecule has 0 unspecified atom stereocenters. The molecule has 4 heteroatoms. The molecule has 0 bridgehead atoms. The lowest BCUT2D eigenvalue weighted by atomic mass is 10.0. The summed E-state index contributed by atoms with van der Waals surface area (Å²) >= 11 is 0. The number of hydrogen-bond acceptors (Lipinski definition) is 4. The Morgan fingerprint density at radius 1 is 0.741 bits per heavy atom.